The van der Waals surface area contributed by atoms with Gasteiger partial charge in [0.2, 0.25) is 0 Å². The Morgan fingerprint density at radius 1 is 1.15 bits per heavy atom. The zero-order valence-corrected chi connectivity index (χ0v) is 19.6. The number of aromatic nitrogens is 1. The van der Waals surface area contributed by atoms with E-state index in [2.05, 4.69) is 53.5 Å². The first-order chi connectivity index (χ1) is 16.2. The van der Waals surface area contributed by atoms with E-state index >= 15 is 0 Å². The zero-order valence-electron chi connectivity index (χ0n) is 19.6. The van der Waals surface area contributed by atoms with Crippen molar-refractivity contribution in [1.29, 1.82) is 0 Å². The molecule has 1 aromatic heterocycles. The molecule has 170 valence electrons. The molecule has 0 radical (unpaired) electrons. The number of nitrogens with one attached hydrogen (secondary N) is 1. The van der Waals surface area contributed by atoms with E-state index in [0.29, 0.717) is 0 Å². The molecule has 0 atom stereocenters. The van der Waals surface area contributed by atoms with Gasteiger partial charge < -0.3 is 19.4 Å². The number of ether oxygens (including phenoxy) is 1. The third-order valence-corrected chi connectivity index (χ3v) is 5.51. The number of anilines is 1. The highest BCUT2D eigenvalue weighted by molar-refractivity contribution is 6.11. The van der Waals surface area contributed by atoms with Gasteiger partial charge in [-0.25, -0.2) is 9.98 Å². The molecule has 0 aliphatic carbocycles. The molecule has 0 amide bonds. The highest BCUT2D eigenvalue weighted by Gasteiger charge is 2.21. The Bertz CT molecular complexity index is 1250. The van der Waals surface area contributed by atoms with Gasteiger partial charge in [0.1, 0.15) is 11.3 Å². The molecule has 0 unspecified atom stereocenters. The molecule has 1 aliphatic rings. The second-order valence-electron chi connectivity index (χ2n) is 7.78. The lowest BCUT2D eigenvalue weighted by Gasteiger charge is -2.27. The SMILES string of the molecule is C/C=C\N1C=C(c2ccc3ocnc3c2)N=C(Nc2ccc(CC)c(OC)c2)/C1=C\CCC. The molecule has 0 fully saturated rings. The van der Waals surface area contributed by atoms with Crippen LogP contribution in [0.4, 0.5) is 5.69 Å². The summed E-state index contributed by atoms with van der Waals surface area (Å²) in [6, 6.07) is 12.1. The van der Waals surface area contributed by atoms with Crippen LogP contribution in [0.3, 0.4) is 0 Å². The largest absolute Gasteiger partial charge is 0.496 e. The topological polar surface area (TPSA) is 62.9 Å². The quantitative estimate of drug-likeness (QED) is 0.439. The molecule has 0 saturated heterocycles. The van der Waals surface area contributed by atoms with Crippen LogP contribution in [0, 0.1) is 0 Å². The number of hydrogen-bond donors (Lipinski definition) is 1. The van der Waals surface area contributed by atoms with Crippen LogP contribution in [0.25, 0.3) is 16.8 Å². The number of aliphatic imine (C=N–C) groups is 1. The number of nitrogens with zero attached hydrogens (tertiary/aromatic N) is 3. The highest BCUT2D eigenvalue weighted by atomic mass is 16.5. The van der Waals surface area contributed by atoms with Gasteiger partial charge in [-0.3, -0.25) is 0 Å². The van der Waals surface area contributed by atoms with Crippen LogP contribution in [0.2, 0.25) is 0 Å². The number of hydrogen-bond acceptors (Lipinski definition) is 6. The summed E-state index contributed by atoms with van der Waals surface area (Å²) in [6.45, 7) is 6.31. The van der Waals surface area contributed by atoms with Gasteiger partial charge in [-0.2, -0.15) is 0 Å². The molecule has 2 aromatic carbocycles. The maximum Gasteiger partial charge on any atom is 0.181 e. The molecule has 6 nitrogen and oxygen atoms in total. The van der Waals surface area contributed by atoms with Crippen molar-refractivity contribution in [3.63, 3.8) is 0 Å². The van der Waals surface area contributed by atoms with E-state index in [1.807, 2.05) is 43.5 Å². The lowest BCUT2D eigenvalue weighted by molar-refractivity contribution is 0.410. The molecule has 0 bridgehead atoms. The number of allylic oxidation sites excluding steroid dienone is 2. The Balaban J connectivity index is 1.78. The summed E-state index contributed by atoms with van der Waals surface area (Å²) in [5.74, 6) is 1.65. The summed E-state index contributed by atoms with van der Waals surface area (Å²) in [4.78, 5) is 11.4. The summed E-state index contributed by atoms with van der Waals surface area (Å²) in [5.41, 5.74) is 6.49. The van der Waals surface area contributed by atoms with Crippen molar-refractivity contribution in [2.45, 2.75) is 40.0 Å². The van der Waals surface area contributed by atoms with Crippen molar-refractivity contribution >= 4 is 28.3 Å². The van der Waals surface area contributed by atoms with E-state index in [0.717, 1.165) is 64.6 Å². The van der Waals surface area contributed by atoms with Crippen molar-refractivity contribution in [2.24, 2.45) is 4.99 Å². The number of unbranched alkanes of at least 4 members (excludes halogenated alkanes) is 1. The first kappa shape index (κ1) is 22.4. The van der Waals surface area contributed by atoms with Crippen molar-refractivity contribution in [3.8, 4) is 5.75 Å². The van der Waals surface area contributed by atoms with Crippen molar-refractivity contribution in [2.75, 3.05) is 12.4 Å². The predicted octanol–water partition coefficient (Wildman–Crippen LogP) is 6.74. The fourth-order valence-electron chi connectivity index (χ4n) is 3.80. The maximum absolute atomic E-state index is 5.60. The fourth-order valence-corrected chi connectivity index (χ4v) is 3.80. The Labute approximate surface area is 195 Å². The van der Waals surface area contributed by atoms with Gasteiger partial charge in [0.25, 0.3) is 0 Å². The Kier molecular flexibility index (Phi) is 6.93. The lowest BCUT2D eigenvalue weighted by atomic mass is 10.1. The molecule has 2 heterocycles. The number of amidine groups is 1. The first-order valence-corrected chi connectivity index (χ1v) is 11.4. The summed E-state index contributed by atoms with van der Waals surface area (Å²) in [5, 5.41) is 3.54. The lowest BCUT2D eigenvalue weighted by Crippen LogP contribution is -2.27. The molecule has 3 aromatic rings. The molecule has 6 heteroatoms. The van der Waals surface area contributed by atoms with Crippen molar-refractivity contribution in [1.82, 2.24) is 9.88 Å². The fraction of sp³-hybridized carbons (Fsp3) is 0.259. The molecular weight excluding hydrogens is 412 g/mol. The minimum Gasteiger partial charge on any atom is -0.496 e. The Hall–Kier alpha value is -3.80. The minimum atomic E-state index is 0.759. The number of oxazole rings is 1. The highest BCUT2D eigenvalue weighted by Crippen LogP contribution is 2.30. The average molecular weight is 443 g/mol. The Morgan fingerprint density at radius 2 is 2.03 bits per heavy atom. The third kappa shape index (κ3) is 4.85. The van der Waals surface area contributed by atoms with E-state index < -0.39 is 0 Å². The third-order valence-electron chi connectivity index (χ3n) is 5.51. The van der Waals surface area contributed by atoms with Crippen LogP contribution in [0.1, 0.15) is 44.7 Å². The molecule has 0 spiro atoms. The molecule has 1 N–H and O–H groups in total. The van der Waals surface area contributed by atoms with Gasteiger partial charge in [-0.05, 0) is 49.6 Å². The zero-order chi connectivity index (χ0) is 23.2. The van der Waals surface area contributed by atoms with Crippen LogP contribution in [-0.4, -0.2) is 22.8 Å². The minimum absolute atomic E-state index is 0.759. The van der Waals surface area contributed by atoms with Crippen molar-refractivity contribution < 1.29 is 9.15 Å². The summed E-state index contributed by atoms with van der Waals surface area (Å²) in [6.07, 6.45) is 12.7. The van der Waals surface area contributed by atoms with Gasteiger partial charge in [0.05, 0.1) is 18.5 Å². The van der Waals surface area contributed by atoms with E-state index in [9.17, 15) is 0 Å². The normalized spacial score (nSPS) is 15.3. The average Bonchev–Trinajstić information content (AvgIpc) is 3.31. The summed E-state index contributed by atoms with van der Waals surface area (Å²) >= 11 is 0. The molecule has 33 heavy (non-hydrogen) atoms. The maximum atomic E-state index is 5.60. The number of fused-ring (bicyclic) bond motifs is 1. The molecule has 1 aliphatic heterocycles. The number of benzene rings is 2. The first-order valence-electron chi connectivity index (χ1n) is 11.4. The summed E-state index contributed by atoms with van der Waals surface area (Å²) < 4.78 is 11.0. The van der Waals surface area contributed by atoms with E-state index in [4.69, 9.17) is 14.1 Å². The van der Waals surface area contributed by atoms with Gasteiger partial charge in [-0.1, -0.05) is 38.5 Å². The second-order valence-corrected chi connectivity index (χ2v) is 7.78. The van der Waals surface area contributed by atoms with Gasteiger partial charge in [0.15, 0.2) is 17.8 Å². The Morgan fingerprint density at radius 3 is 2.79 bits per heavy atom. The monoisotopic (exact) mass is 442 g/mol. The number of rotatable bonds is 7. The van der Waals surface area contributed by atoms with Gasteiger partial charge >= 0.3 is 0 Å². The standard InChI is InChI=1S/C27H30N4O2/c1-5-8-9-24-27(29-21-12-10-19(7-3)26(16-21)32-4)30-23(17-31(24)14-6-2)20-11-13-25-22(15-20)28-18-33-25/h6,9-18H,5,7-8H2,1-4H3,(H,29,30)/b14-6-,24-9+. The van der Waals surface area contributed by atoms with Gasteiger partial charge in [-0.15, -0.1) is 0 Å². The summed E-state index contributed by atoms with van der Waals surface area (Å²) in [7, 11) is 1.71. The number of aryl methyl sites for hydroxylation is 1. The van der Waals surface area contributed by atoms with Crippen LogP contribution in [-0.2, 0) is 6.42 Å². The van der Waals surface area contributed by atoms with Crippen molar-refractivity contribution in [3.05, 3.63) is 84.2 Å². The van der Waals surface area contributed by atoms with Crippen LogP contribution < -0.4 is 10.1 Å². The van der Waals surface area contributed by atoms with E-state index in [1.54, 1.807) is 7.11 Å². The molecular formula is C27H30N4O2. The number of methoxy groups -OCH3 is 1. The van der Waals surface area contributed by atoms with E-state index in [-0.39, 0.29) is 0 Å². The molecule has 0 saturated carbocycles. The molecule has 4 rings (SSSR count). The van der Waals surface area contributed by atoms with Crippen LogP contribution in [0.15, 0.2) is 82.5 Å². The predicted molar refractivity (Wildman–Crippen MR) is 135 cm³/mol. The van der Waals surface area contributed by atoms with Crippen LogP contribution >= 0.6 is 0 Å². The van der Waals surface area contributed by atoms with E-state index in [1.165, 1.54) is 12.0 Å². The van der Waals surface area contributed by atoms with Crippen LogP contribution in [0.5, 0.6) is 5.75 Å². The smallest absolute Gasteiger partial charge is 0.181 e. The van der Waals surface area contributed by atoms with Gasteiger partial charge in [0, 0.05) is 29.7 Å². The second kappa shape index (κ2) is 10.2.